The van der Waals surface area contributed by atoms with Crippen LogP contribution in [0.15, 0.2) is 18.3 Å². The minimum Gasteiger partial charge on any atom is -0.381 e. The van der Waals surface area contributed by atoms with Crippen molar-refractivity contribution in [2.45, 2.75) is 31.8 Å². The van der Waals surface area contributed by atoms with E-state index in [1.54, 1.807) is 6.20 Å². The molecule has 0 radical (unpaired) electrons. The normalized spacial score (nSPS) is 19.6. The molecule has 1 aliphatic heterocycles. The Balaban J connectivity index is 1.96. The second-order valence-corrected chi connectivity index (χ2v) is 4.52. The van der Waals surface area contributed by atoms with E-state index in [2.05, 4.69) is 17.2 Å². The highest BCUT2D eigenvalue weighted by Crippen LogP contribution is 2.21. The Bertz CT molecular complexity index is 340. The van der Waals surface area contributed by atoms with Crippen LogP contribution in [-0.4, -0.2) is 24.2 Å². The third kappa shape index (κ3) is 2.94. The van der Waals surface area contributed by atoms with Crippen molar-refractivity contribution < 1.29 is 4.74 Å². The van der Waals surface area contributed by atoms with Crippen LogP contribution in [-0.2, 0) is 4.74 Å². The Morgan fingerprint density at radius 3 is 2.94 bits per heavy atom. The molecule has 1 fully saturated rings. The average Bonchev–Trinajstić information content (AvgIpc) is 2.31. The number of aromatic nitrogens is 1. The molecule has 1 aliphatic rings. The summed E-state index contributed by atoms with van der Waals surface area (Å²) in [6.45, 7) is 3.83. The summed E-state index contributed by atoms with van der Waals surface area (Å²) < 4.78 is 5.33. The summed E-state index contributed by atoms with van der Waals surface area (Å²) >= 11 is 6.06. The molecule has 4 heteroatoms. The third-order valence-electron chi connectivity index (χ3n) is 2.96. The molecule has 0 saturated carbocycles. The quantitative estimate of drug-likeness (QED) is 0.825. The third-order valence-corrected chi connectivity index (χ3v) is 3.28. The van der Waals surface area contributed by atoms with E-state index in [0.717, 1.165) is 31.6 Å². The first-order chi connectivity index (χ1) is 7.77. The van der Waals surface area contributed by atoms with Crippen LogP contribution < -0.4 is 5.32 Å². The molecule has 16 heavy (non-hydrogen) atoms. The van der Waals surface area contributed by atoms with Crippen LogP contribution in [0.1, 0.15) is 31.4 Å². The van der Waals surface area contributed by atoms with Gasteiger partial charge in [-0.2, -0.15) is 0 Å². The van der Waals surface area contributed by atoms with Crippen LogP contribution in [0, 0.1) is 0 Å². The fraction of sp³-hybridized carbons (Fsp3) is 0.583. The molecule has 3 nitrogen and oxygen atoms in total. The molecular formula is C12H17ClN2O. The van der Waals surface area contributed by atoms with E-state index in [4.69, 9.17) is 16.3 Å². The lowest BCUT2D eigenvalue weighted by molar-refractivity contribution is 0.0754. The summed E-state index contributed by atoms with van der Waals surface area (Å²) in [6.07, 6.45) is 3.86. The van der Waals surface area contributed by atoms with Crippen molar-refractivity contribution in [1.29, 1.82) is 0 Å². The number of nitrogens with one attached hydrogen (secondary N) is 1. The first-order valence-corrected chi connectivity index (χ1v) is 6.09. The first kappa shape index (κ1) is 11.8. The van der Waals surface area contributed by atoms with Crippen LogP contribution in [0.2, 0.25) is 5.15 Å². The number of pyridine rings is 1. The second kappa shape index (κ2) is 5.62. The van der Waals surface area contributed by atoms with Gasteiger partial charge in [0.25, 0.3) is 0 Å². The Hall–Kier alpha value is -0.640. The lowest BCUT2D eigenvalue weighted by atomic mass is 10.1. The fourth-order valence-corrected chi connectivity index (χ4v) is 2.31. The molecule has 1 N–H and O–H groups in total. The number of nitrogens with zero attached hydrogens (tertiary/aromatic N) is 1. The molecule has 1 atom stereocenters. The number of hydrogen-bond acceptors (Lipinski definition) is 3. The van der Waals surface area contributed by atoms with E-state index in [9.17, 15) is 0 Å². The SMILES string of the molecule is CC(NC1CCOCC1)c1cccnc1Cl. The van der Waals surface area contributed by atoms with E-state index in [0.29, 0.717) is 11.2 Å². The van der Waals surface area contributed by atoms with Crippen molar-refractivity contribution >= 4 is 11.6 Å². The number of halogens is 1. The summed E-state index contributed by atoms with van der Waals surface area (Å²) in [7, 11) is 0. The van der Waals surface area contributed by atoms with Gasteiger partial charge < -0.3 is 10.1 Å². The van der Waals surface area contributed by atoms with E-state index in [-0.39, 0.29) is 6.04 Å². The van der Waals surface area contributed by atoms with Gasteiger partial charge in [-0.25, -0.2) is 4.98 Å². The van der Waals surface area contributed by atoms with Crippen molar-refractivity contribution in [2.75, 3.05) is 13.2 Å². The predicted molar refractivity (Wildman–Crippen MR) is 64.6 cm³/mol. The number of hydrogen-bond donors (Lipinski definition) is 1. The molecule has 1 aromatic rings. The zero-order valence-corrected chi connectivity index (χ0v) is 10.2. The lowest BCUT2D eigenvalue weighted by Crippen LogP contribution is -2.36. The number of rotatable bonds is 3. The van der Waals surface area contributed by atoms with E-state index < -0.39 is 0 Å². The van der Waals surface area contributed by atoms with E-state index in [1.165, 1.54) is 0 Å². The highest BCUT2D eigenvalue weighted by Gasteiger charge is 2.17. The molecule has 2 heterocycles. The van der Waals surface area contributed by atoms with Crippen molar-refractivity contribution in [3.8, 4) is 0 Å². The molecule has 0 spiro atoms. The van der Waals surface area contributed by atoms with Crippen LogP contribution in [0.4, 0.5) is 0 Å². The number of ether oxygens (including phenoxy) is 1. The topological polar surface area (TPSA) is 34.1 Å². The van der Waals surface area contributed by atoms with E-state index >= 15 is 0 Å². The molecule has 1 aromatic heterocycles. The largest absolute Gasteiger partial charge is 0.381 e. The van der Waals surface area contributed by atoms with Gasteiger partial charge in [0.15, 0.2) is 0 Å². The predicted octanol–water partition coefficient (Wildman–Crippen LogP) is 2.56. The molecular weight excluding hydrogens is 224 g/mol. The van der Waals surface area contributed by atoms with Crippen LogP contribution in [0.25, 0.3) is 0 Å². The highest BCUT2D eigenvalue weighted by molar-refractivity contribution is 6.30. The minimum atomic E-state index is 0.240. The van der Waals surface area contributed by atoms with E-state index in [1.807, 2.05) is 12.1 Å². The fourth-order valence-electron chi connectivity index (χ4n) is 2.03. The molecule has 1 unspecified atom stereocenters. The maximum atomic E-state index is 6.06. The molecule has 2 rings (SSSR count). The lowest BCUT2D eigenvalue weighted by Gasteiger charge is -2.27. The summed E-state index contributed by atoms with van der Waals surface area (Å²) in [6, 6.07) is 4.71. The summed E-state index contributed by atoms with van der Waals surface area (Å²) in [5, 5.41) is 4.16. The van der Waals surface area contributed by atoms with Gasteiger partial charge in [0.1, 0.15) is 5.15 Å². The molecule has 0 amide bonds. The smallest absolute Gasteiger partial charge is 0.133 e. The Morgan fingerprint density at radius 2 is 2.25 bits per heavy atom. The monoisotopic (exact) mass is 240 g/mol. The highest BCUT2D eigenvalue weighted by atomic mass is 35.5. The summed E-state index contributed by atoms with van der Waals surface area (Å²) in [4.78, 5) is 4.09. The molecule has 0 aliphatic carbocycles. The van der Waals surface area contributed by atoms with Gasteiger partial charge in [-0.05, 0) is 25.8 Å². The maximum absolute atomic E-state index is 6.06. The second-order valence-electron chi connectivity index (χ2n) is 4.16. The average molecular weight is 241 g/mol. The van der Waals surface area contributed by atoms with Crippen molar-refractivity contribution in [3.63, 3.8) is 0 Å². The van der Waals surface area contributed by atoms with Gasteiger partial charge in [-0.3, -0.25) is 0 Å². The van der Waals surface area contributed by atoms with Crippen LogP contribution in [0.5, 0.6) is 0 Å². The molecule has 0 aromatic carbocycles. The zero-order valence-electron chi connectivity index (χ0n) is 9.45. The van der Waals surface area contributed by atoms with Crippen molar-refractivity contribution in [1.82, 2.24) is 10.3 Å². The standard InChI is InChI=1S/C12H17ClN2O/c1-9(11-3-2-6-14-12(11)13)15-10-4-7-16-8-5-10/h2-3,6,9-10,15H,4-5,7-8H2,1H3. The Kier molecular flexibility index (Phi) is 4.16. The van der Waals surface area contributed by atoms with Gasteiger partial charge in [0, 0.05) is 37.1 Å². The Morgan fingerprint density at radius 1 is 1.50 bits per heavy atom. The van der Waals surface area contributed by atoms with Gasteiger partial charge in [-0.15, -0.1) is 0 Å². The first-order valence-electron chi connectivity index (χ1n) is 5.71. The van der Waals surface area contributed by atoms with Crippen molar-refractivity contribution in [3.05, 3.63) is 29.0 Å². The molecule has 0 bridgehead atoms. The minimum absolute atomic E-state index is 0.240. The molecule has 1 saturated heterocycles. The maximum Gasteiger partial charge on any atom is 0.133 e. The van der Waals surface area contributed by atoms with Gasteiger partial charge >= 0.3 is 0 Å². The van der Waals surface area contributed by atoms with Crippen LogP contribution in [0.3, 0.4) is 0 Å². The van der Waals surface area contributed by atoms with Gasteiger partial charge in [-0.1, -0.05) is 17.7 Å². The Labute approximate surface area is 101 Å². The van der Waals surface area contributed by atoms with Gasteiger partial charge in [0.05, 0.1) is 0 Å². The zero-order chi connectivity index (χ0) is 11.4. The van der Waals surface area contributed by atoms with Gasteiger partial charge in [0.2, 0.25) is 0 Å². The summed E-state index contributed by atoms with van der Waals surface area (Å²) in [5.74, 6) is 0. The van der Waals surface area contributed by atoms with Crippen molar-refractivity contribution in [2.24, 2.45) is 0 Å². The van der Waals surface area contributed by atoms with Crippen LogP contribution >= 0.6 is 11.6 Å². The molecule has 88 valence electrons. The summed E-state index contributed by atoms with van der Waals surface area (Å²) in [5.41, 5.74) is 1.07.